The van der Waals surface area contributed by atoms with Crippen molar-refractivity contribution < 1.29 is 23.8 Å². The van der Waals surface area contributed by atoms with Gasteiger partial charge < -0.3 is 24.8 Å². The molecule has 4 aromatic carbocycles. The first-order valence-corrected chi connectivity index (χ1v) is 12.7. The molecule has 4 rings (SSSR count). The number of nitrogens with one attached hydrogen (secondary N) is 2. The molecule has 8 heteroatoms. The third-order valence-electron chi connectivity index (χ3n) is 5.66. The van der Waals surface area contributed by atoms with Crippen LogP contribution >= 0.6 is 11.8 Å². The molecule has 2 amide bonds. The largest absolute Gasteiger partial charge is 0.497 e. The van der Waals surface area contributed by atoms with Crippen molar-refractivity contribution in [1.29, 1.82) is 0 Å². The van der Waals surface area contributed by atoms with E-state index in [4.69, 9.17) is 14.2 Å². The van der Waals surface area contributed by atoms with E-state index in [1.54, 1.807) is 63.8 Å². The van der Waals surface area contributed by atoms with E-state index < -0.39 is 5.25 Å². The minimum Gasteiger partial charge on any atom is -0.497 e. The number of methoxy groups -OCH3 is 3. The van der Waals surface area contributed by atoms with Crippen LogP contribution in [0, 0.1) is 0 Å². The summed E-state index contributed by atoms with van der Waals surface area (Å²) in [5.41, 5.74) is 2.58. The second-order valence-corrected chi connectivity index (χ2v) is 9.39. The van der Waals surface area contributed by atoms with E-state index in [9.17, 15) is 9.59 Å². The molecule has 1 atom stereocenters. The Morgan fingerprint density at radius 2 is 1.32 bits per heavy atom. The van der Waals surface area contributed by atoms with Crippen molar-refractivity contribution in [1.82, 2.24) is 0 Å². The lowest BCUT2D eigenvalue weighted by Gasteiger charge is -2.18. The van der Waals surface area contributed by atoms with Gasteiger partial charge in [0.25, 0.3) is 5.91 Å². The summed E-state index contributed by atoms with van der Waals surface area (Å²) in [6.45, 7) is 0. The highest BCUT2D eigenvalue weighted by atomic mass is 32.2. The molecular formula is C30H28N2O5S. The molecule has 38 heavy (non-hydrogen) atoms. The van der Waals surface area contributed by atoms with Crippen molar-refractivity contribution in [3.05, 3.63) is 108 Å². The van der Waals surface area contributed by atoms with Gasteiger partial charge in [0.2, 0.25) is 5.91 Å². The summed E-state index contributed by atoms with van der Waals surface area (Å²) in [6, 6.07) is 29.1. The molecule has 4 aromatic rings. The molecule has 0 saturated heterocycles. The fourth-order valence-electron chi connectivity index (χ4n) is 3.71. The molecule has 0 bridgehead atoms. The fourth-order valence-corrected chi connectivity index (χ4v) is 4.73. The van der Waals surface area contributed by atoms with Crippen molar-refractivity contribution in [2.45, 2.75) is 10.1 Å². The van der Waals surface area contributed by atoms with Crippen molar-refractivity contribution in [2.75, 3.05) is 32.0 Å². The molecule has 0 spiro atoms. The molecule has 0 aliphatic rings. The Hall–Kier alpha value is -4.43. The number of amides is 2. The zero-order chi connectivity index (χ0) is 26.9. The van der Waals surface area contributed by atoms with Crippen LogP contribution in [0.4, 0.5) is 11.4 Å². The summed E-state index contributed by atoms with van der Waals surface area (Å²) in [4.78, 5) is 27.0. The number of anilines is 2. The van der Waals surface area contributed by atoms with Crippen LogP contribution in [0.2, 0.25) is 0 Å². The van der Waals surface area contributed by atoms with E-state index >= 15 is 0 Å². The molecule has 0 aliphatic carbocycles. The summed E-state index contributed by atoms with van der Waals surface area (Å²) in [6.07, 6.45) is 0. The lowest BCUT2D eigenvalue weighted by Crippen LogP contribution is -2.19. The van der Waals surface area contributed by atoms with E-state index in [0.717, 1.165) is 10.5 Å². The number of hydrogen-bond donors (Lipinski definition) is 2. The Bertz CT molecular complexity index is 1370. The minimum atomic E-state index is -0.523. The number of carbonyl (C=O) groups is 2. The van der Waals surface area contributed by atoms with Gasteiger partial charge in [-0.05, 0) is 48.0 Å². The van der Waals surface area contributed by atoms with Gasteiger partial charge in [-0.15, -0.1) is 11.8 Å². The van der Waals surface area contributed by atoms with Crippen molar-refractivity contribution in [3.63, 3.8) is 0 Å². The van der Waals surface area contributed by atoms with Gasteiger partial charge in [0.15, 0.2) is 0 Å². The Kier molecular flexibility index (Phi) is 8.89. The van der Waals surface area contributed by atoms with Crippen LogP contribution in [-0.4, -0.2) is 33.1 Å². The number of benzene rings is 4. The number of thioether (sulfide) groups is 1. The summed E-state index contributed by atoms with van der Waals surface area (Å²) >= 11 is 1.41. The molecule has 0 aliphatic heterocycles. The van der Waals surface area contributed by atoms with Gasteiger partial charge in [0, 0.05) is 40.0 Å². The quantitative estimate of drug-likeness (QED) is 0.231. The van der Waals surface area contributed by atoms with Gasteiger partial charge in [-0.2, -0.15) is 0 Å². The van der Waals surface area contributed by atoms with Gasteiger partial charge in [-0.25, -0.2) is 0 Å². The Morgan fingerprint density at radius 1 is 0.658 bits per heavy atom. The second-order valence-electron chi connectivity index (χ2n) is 8.21. The van der Waals surface area contributed by atoms with E-state index in [1.165, 1.54) is 11.8 Å². The normalized spacial score (nSPS) is 11.2. The zero-order valence-corrected chi connectivity index (χ0v) is 22.1. The van der Waals surface area contributed by atoms with Gasteiger partial charge in [-0.3, -0.25) is 9.59 Å². The first-order chi connectivity index (χ1) is 18.5. The molecule has 0 heterocycles. The van der Waals surface area contributed by atoms with E-state index in [2.05, 4.69) is 10.6 Å². The maximum Gasteiger partial charge on any atom is 0.255 e. The Morgan fingerprint density at radius 3 is 1.95 bits per heavy atom. The fraction of sp³-hybridized carbons (Fsp3) is 0.133. The van der Waals surface area contributed by atoms with Crippen LogP contribution in [0.15, 0.2) is 102 Å². The number of hydrogen-bond acceptors (Lipinski definition) is 6. The number of rotatable bonds is 10. The first kappa shape index (κ1) is 26.6. The SMILES string of the molecule is COc1cc(NC(=O)C(Sc2ccc(NC(=O)c3cccc(OC)c3)cc2)c2ccccc2)cc(OC)c1. The van der Waals surface area contributed by atoms with Gasteiger partial charge in [-0.1, -0.05) is 36.4 Å². The first-order valence-electron chi connectivity index (χ1n) is 11.8. The molecule has 2 N–H and O–H groups in total. The lowest BCUT2D eigenvalue weighted by atomic mass is 10.1. The van der Waals surface area contributed by atoms with Crippen LogP contribution in [0.1, 0.15) is 21.2 Å². The molecule has 1 unspecified atom stereocenters. The molecule has 7 nitrogen and oxygen atoms in total. The number of ether oxygens (including phenoxy) is 3. The van der Waals surface area contributed by atoms with Crippen LogP contribution in [0.5, 0.6) is 17.2 Å². The van der Waals surface area contributed by atoms with Crippen molar-refractivity contribution >= 4 is 35.0 Å². The smallest absolute Gasteiger partial charge is 0.255 e. The van der Waals surface area contributed by atoms with E-state index in [1.807, 2.05) is 54.6 Å². The predicted molar refractivity (Wildman–Crippen MR) is 151 cm³/mol. The van der Waals surface area contributed by atoms with Crippen LogP contribution in [-0.2, 0) is 4.79 Å². The van der Waals surface area contributed by atoms with Crippen LogP contribution in [0.25, 0.3) is 0 Å². The molecule has 0 fully saturated rings. The van der Waals surface area contributed by atoms with Crippen LogP contribution in [0.3, 0.4) is 0 Å². The van der Waals surface area contributed by atoms with E-state index in [0.29, 0.717) is 34.2 Å². The van der Waals surface area contributed by atoms with Gasteiger partial charge in [0.1, 0.15) is 22.5 Å². The monoisotopic (exact) mass is 528 g/mol. The van der Waals surface area contributed by atoms with E-state index in [-0.39, 0.29) is 11.8 Å². The highest BCUT2D eigenvalue weighted by Crippen LogP contribution is 2.37. The summed E-state index contributed by atoms with van der Waals surface area (Å²) in [5.74, 6) is 1.35. The summed E-state index contributed by atoms with van der Waals surface area (Å²) < 4.78 is 15.8. The van der Waals surface area contributed by atoms with Gasteiger partial charge in [0.05, 0.1) is 21.3 Å². The van der Waals surface area contributed by atoms with Gasteiger partial charge >= 0.3 is 0 Å². The minimum absolute atomic E-state index is 0.188. The molecular weight excluding hydrogens is 500 g/mol. The standard InChI is InChI=1S/C30H28N2O5S/c1-35-24-11-7-10-21(16-24)29(33)31-22-12-14-27(15-13-22)38-28(20-8-5-4-6-9-20)30(34)32-23-17-25(36-2)19-26(18-23)37-3/h4-19,28H,1-3H3,(H,31,33)(H,32,34). The highest BCUT2D eigenvalue weighted by molar-refractivity contribution is 8.00. The van der Waals surface area contributed by atoms with Crippen LogP contribution < -0.4 is 24.8 Å². The predicted octanol–water partition coefficient (Wildman–Crippen LogP) is 6.44. The maximum atomic E-state index is 13.5. The topological polar surface area (TPSA) is 85.9 Å². The number of carbonyl (C=O) groups excluding carboxylic acids is 2. The van der Waals surface area contributed by atoms with Crippen molar-refractivity contribution in [3.8, 4) is 17.2 Å². The maximum absolute atomic E-state index is 13.5. The summed E-state index contributed by atoms with van der Waals surface area (Å²) in [5, 5.41) is 5.36. The molecule has 0 saturated carbocycles. The average molecular weight is 529 g/mol. The summed E-state index contributed by atoms with van der Waals surface area (Å²) in [7, 11) is 4.68. The lowest BCUT2D eigenvalue weighted by molar-refractivity contribution is -0.115. The zero-order valence-electron chi connectivity index (χ0n) is 21.3. The average Bonchev–Trinajstić information content (AvgIpc) is 2.96. The Labute approximate surface area is 226 Å². The third-order valence-corrected chi connectivity index (χ3v) is 6.92. The third kappa shape index (κ3) is 6.86. The second kappa shape index (κ2) is 12.7. The highest BCUT2D eigenvalue weighted by Gasteiger charge is 2.23. The molecule has 194 valence electrons. The van der Waals surface area contributed by atoms with Crippen molar-refractivity contribution in [2.24, 2.45) is 0 Å². The Balaban J connectivity index is 1.50. The molecule has 0 aromatic heterocycles. The molecule has 0 radical (unpaired) electrons.